The van der Waals surface area contributed by atoms with E-state index in [1.807, 2.05) is 25.1 Å². The van der Waals surface area contributed by atoms with Crippen molar-refractivity contribution in [3.8, 4) is 11.8 Å². The molecular weight excluding hydrogens is 312 g/mol. The van der Waals surface area contributed by atoms with Crippen molar-refractivity contribution in [1.29, 1.82) is 5.26 Å². The number of carbonyl (C=O) groups is 1. The van der Waals surface area contributed by atoms with Gasteiger partial charge in [-0.1, -0.05) is 36.5 Å². The molecule has 0 saturated heterocycles. The molecule has 0 aliphatic carbocycles. The molecule has 0 fully saturated rings. The van der Waals surface area contributed by atoms with Crippen LogP contribution in [0.3, 0.4) is 0 Å². The first-order chi connectivity index (χ1) is 11.2. The van der Waals surface area contributed by atoms with Gasteiger partial charge in [0.05, 0.1) is 7.11 Å². The van der Waals surface area contributed by atoms with E-state index in [9.17, 15) is 10.1 Å². The van der Waals surface area contributed by atoms with E-state index in [-0.39, 0.29) is 5.57 Å². The second-order valence-electron chi connectivity index (χ2n) is 4.62. The van der Waals surface area contributed by atoms with Crippen LogP contribution in [-0.4, -0.2) is 23.2 Å². The number of methoxy groups -OCH3 is 1. The van der Waals surface area contributed by atoms with Crippen LogP contribution in [0.25, 0.3) is 6.08 Å². The predicted octanol–water partition coefficient (Wildman–Crippen LogP) is 3.04. The Morgan fingerprint density at radius 3 is 2.91 bits per heavy atom. The van der Waals surface area contributed by atoms with Crippen LogP contribution in [0, 0.1) is 11.3 Å². The first-order valence-corrected chi connectivity index (χ1v) is 7.88. The van der Waals surface area contributed by atoms with Gasteiger partial charge in [-0.3, -0.25) is 10.1 Å². The van der Waals surface area contributed by atoms with Crippen molar-refractivity contribution in [2.24, 2.45) is 0 Å². The maximum Gasteiger partial charge on any atom is 0.268 e. The third kappa shape index (κ3) is 4.37. The number of ether oxygens (including phenoxy) is 1. The Kier molecular flexibility index (Phi) is 5.83. The summed E-state index contributed by atoms with van der Waals surface area (Å²) in [5, 5.41) is 21.0. The van der Waals surface area contributed by atoms with Crippen LogP contribution in [-0.2, 0) is 11.2 Å². The fourth-order valence-electron chi connectivity index (χ4n) is 1.87. The number of amides is 1. The van der Waals surface area contributed by atoms with Gasteiger partial charge in [-0.05, 0) is 18.6 Å². The van der Waals surface area contributed by atoms with Crippen molar-refractivity contribution < 1.29 is 9.53 Å². The average molecular weight is 328 g/mol. The van der Waals surface area contributed by atoms with E-state index < -0.39 is 5.91 Å². The Morgan fingerprint density at radius 1 is 1.43 bits per heavy atom. The lowest BCUT2D eigenvalue weighted by Crippen LogP contribution is -2.13. The second-order valence-corrected chi connectivity index (χ2v) is 5.68. The molecular formula is C16H16N4O2S. The van der Waals surface area contributed by atoms with Crippen molar-refractivity contribution in [2.45, 2.75) is 19.8 Å². The number of aryl methyl sites for hydroxylation is 1. The van der Waals surface area contributed by atoms with Crippen LogP contribution in [0.15, 0.2) is 29.8 Å². The van der Waals surface area contributed by atoms with Crippen LogP contribution in [0.5, 0.6) is 5.75 Å². The van der Waals surface area contributed by atoms with Gasteiger partial charge in [0.1, 0.15) is 22.4 Å². The summed E-state index contributed by atoms with van der Waals surface area (Å²) in [5.41, 5.74) is 0.632. The minimum absolute atomic E-state index is 0.0262. The molecule has 2 rings (SSSR count). The Balaban J connectivity index is 2.18. The molecule has 2 aromatic rings. The van der Waals surface area contributed by atoms with E-state index in [1.165, 1.54) is 24.5 Å². The van der Waals surface area contributed by atoms with Crippen LogP contribution in [0.2, 0.25) is 0 Å². The Hall–Kier alpha value is -2.72. The van der Waals surface area contributed by atoms with Gasteiger partial charge < -0.3 is 4.74 Å². The predicted molar refractivity (Wildman–Crippen MR) is 89.1 cm³/mol. The lowest BCUT2D eigenvalue weighted by atomic mass is 10.1. The standard InChI is InChI=1S/C16H16N4O2S/c1-3-6-14-19-20-16(23-14)18-15(21)12(10-17)9-11-7-4-5-8-13(11)22-2/h4-5,7-9H,3,6H2,1-2H3,(H,18,20,21)/b12-9+. The van der Waals surface area contributed by atoms with Gasteiger partial charge in [0.25, 0.3) is 5.91 Å². The molecule has 0 aliphatic heterocycles. The van der Waals surface area contributed by atoms with Gasteiger partial charge in [0.2, 0.25) is 5.13 Å². The third-order valence-electron chi connectivity index (χ3n) is 2.96. The summed E-state index contributed by atoms with van der Waals surface area (Å²) >= 11 is 1.31. The first kappa shape index (κ1) is 16.6. The largest absolute Gasteiger partial charge is 0.496 e. The molecule has 7 heteroatoms. The Labute approximate surface area is 138 Å². The number of nitrogens with one attached hydrogen (secondary N) is 1. The highest BCUT2D eigenvalue weighted by atomic mass is 32.1. The van der Waals surface area contributed by atoms with Crippen molar-refractivity contribution in [1.82, 2.24) is 10.2 Å². The molecule has 0 atom stereocenters. The summed E-state index contributed by atoms with van der Waals surface area (Å²) in [4.78, 5) is 12.2. The number of benzene rings is 1. The number of carbonyl (C=O) groups excluding carboxylic acids is 1. The van der Waals surface area contributed by atoms with Crippen molar-refractivity contribution in [3.05, 3.63) is 40.4 Å². The van der Waals surface area contributed by atoms with E-state index in [1.54, 1.807) is 12.1 Å². The summed E-state index contributed by atoms with van der Waals surface area (Å²) < 4.78 is 5.21. The molecule has 0 radical (unpaired) electrons. The van der Waals surface area contributed by atoms with Gasteiger partial charge in [0.15, 0.2) is 0 Å². The lowest BCUT2D eigenvalue weighted by molar-refractivity contribution is -0.112. The quantitative estimate of drug-likeness (QED) is 0.650. The second kappa shape index (κ2) is 8.06. The van der Waals surface area contributed by atoms with Crippen LogP contribution < -0.4 is 10.1 Å². The topological polar surface area (TPSA) is 87.9 Å². The zero-order chi connectivity index (χ0) is 16.7. The number of rotatable bonds is 6. The summed E-state index contributed by atoms with van der Waals surface area (Å²) in [7, 11) is 1.54. The van der Waals surface area contributed by atoms with E-state index in [0.29, 0.717) is 16.4 Å². The molecule has 1 aromatic carbocycles. The summed E-state index contributed by atoms with van der Waals surface area (Å²) in [6, 6.07) is 9.07. The number of nitrogens with zero attached hydrogens (tertiary/aromatic N) is 3. The smallest absolute Gasteiger partial charge is 0.268 e. The minimum atomic E-state index is -0.516. The van der Waals surface area contributed by atoms with Crippen molar-refractivity contribution >= 4 is 28.5 Å². The molecule has 1 aromatic heterocycles. The molecule has 6 nitrogen and oxygen atoms in total. The molecule has 0 aliphatic rings. The van der Waals surface area contributed by atoms with Crippen LogP contribution in [0.4, 0.5) is 5.13 Å². The fraction of sp³-hybridized carbons (Fsp3) is 0.250. The number of para-hydroxylation sites is 1. The van der Waals surface area contributed by atoms with E-state index in [0.717, 1.165) is 17.8 Å². The maximum atomic E-state index is 12.2. The normalized spacial score (nSPS) is 10.9. The molecule has 118 valence electrons. The van der Waals surface area contributed by atoms with Crippen LogP contribution >= 0.6 is 11.3 Å². The average Bonchev–Trinajstić information content (AvgIpc) is 3.00. The molecule has 23 heavy (non-hydrogen) atoms. The molecule has 1 heterocycles. The van der Waals surface area contributed by atoms with Gasteiger partial charge in [0, 0.05) is 12.0 Å². The summed E-state index contributed by atoms with van der Waals surface area (Å²) in [6.07, 6.45) is 3.26. The number of hydrogen-bond donors (Lipinski definition) is 1. The monoisotopic (exact) mass is 328 g/mol. The number of hydrogen-bond acceptors (Lipinski definition) is 6. The fourth-order valence-corrected chi connectivity index (χ4v) is 2.71. The number of anilines is 1. The highest BCUT2D eigenvalue weighted by Gasteiger charge is 2.13. The SMILES string of the molecule is CCCc1nnc(NC(=O)/C(C#N)=C/c2ccccc2OC)s1. The lowest BCUT2D eigenvalue weighted by Gasteiger charge is -2.04. The minimum Gasteiger partial charge on any atom is -0.496 e. The number of aromatic nitrogens is 2. The van der Waals surface area contributed by atoms with E-state index in [2.05, 4.69) is 15.5 Å². The molecule has 1 amide bonds. The van der Waals surface area contributed by atoms with Crippen LogP contribution in [0.1, 0.15) is 23.9 Å². The maximum absolute atomic E-state index is 12.2. The zero-order valence-electron chi connectivity index (χ0n) is 12.9. The molecule has 0 unspecified atom stereocenters. The van der Waals surface area contributed by atoms with Crippen molar-refractivity contribution in [2.75, 3.05) is 12.4 Å². The van der Waals surface area contributed by atoms with Gasteiger partial charge in [-0.15, -0.1) is 10.2 Å². The molecule has 0 saturated carbocycles. The van der Waals surface area contributed by atoms with Gasteiger partial charge >= 0.3 is 0 Å². The Bertz CT molecular complexity index is 761. The zero-order valence-corrected chi connectivity index (χ0v) is 13.7. The third-order valence-corrected chi connectivity index (χ3v) is 3.85. The Morgan fingerprint density at radius 2 is 2.22 bits per heavy atom. The van der Waals surface area contributed by atoms with E-state index >= 15 is 0 Å². The highest BCUT2D eigenvalue weighted by Crippen LogP contribution is 2.21. The summed E-state index contributed by atoms with van der Waals surface area (Å²) in [6.45, 7) is 2.05. The molecule has 0 spiro atoms. The number of nitriles is 1. The first-order valence-electron chi connectivity index (χ1n) is 7.06. The van der Waals surface area contributed by atoms with Crippen molar-refractivity contribution in [3.63, 3.8) is 0 Å². The van der Waals surface area contributed by atoms with Gasteiger partial charge in [-0.2, -0.15) is 5.26 Å². The summed E-state index contributed by atoms with van der Waals surface area (Å²) in [5.74, 6) is 0.0757. The van der Waals surface area contributed by atoms with Gasteiger partial charge in [-0.25, -0.2) is 0 Å². The van der Waals surface area contributed by atoms with E-state index in [4.69, 9.17) is 4.74 Å². The molecule has 0 bridgehead atoms. The molecule has 1 N–H and O–H groups in total. The highest BCUT2D eigenvalue weighted by molar-refractivity contribution is 7.15.